The molecule has 0 spiro atoms. The lowest BCUT2D eigenvalue weighted by Crippen LogP contribution is -2.41. The van der Waals surface area contributed by atoms with Crippen LogP contribution in [-0.2, 0) is 11.2 Å². The van der Waals surface area contributed by atoms with Crippen molar-refractivity contribution in [2.75, 3.05) is 6.54 Å². The highest BCUT2D eigenvalue weighted by Crippen LogP contribution is 2.32. The fraction of sp³-hybridized carbons (Fsp3) is 0.600. The number of carbonyl (C=O) groups excluding carboxylic acids is 1. The molecule has 1 unspecified atom stereocenters. The highest BCUT2D eigenvalue weighted by Gasteiger charge is 2.31. The number of nitrogens with two attached hydrogens (primary N) is 1. The van der Waals surface area contributed by atoms with Gasteiger partial charge in [0.25, 0.3) is 5.78 Å². The van der Waals surface area contributed by atoms with E-state index >= 15 is 0 Å². The van der Waals surface area contributed by atoms with Crippen molar-refractivity contribution in [2.24, 2.45) is 11.7 Å². The first-order valence-electron chi connectivity index (χ1n) is 7.75. The van der Waals surface area contributed by atoms with Crippen LogP contribution in [0.5, 0.6) is 0 Å². The van der Waals surface area contributed by atoms with Crippen LogP contribution in [0.3, 0.4) is 0 Å². The van der Waals surface area contributed by atoms with E-state index in [1.807, 2.05) is 13.8 Å². The molecule has 1 fully saturated rings. The Morgan fingerprint density at radius 2 is 2.27 bits per heavy atom. The smallest absolute Gasteiger partial charge is 0.252 e. The largest absolute Gasteiger partial charge is 0.352 e. The van der Waals surface area contributed by atoms with Crippen LogP contribution in [0.2, 0.25) is 0 Å². The molecule has 1 aliphatic carbocycles. The summed E-state index contributed by atoms with van der Waals surface area (Å²) in [7, 11) is 0. The Kier molecular flexibility index (Phi) is 4.06. The van der Waals surface area contributed by atoms with Crippen molar-refractivity contribution in [2.45, 2.75) is 45.6 Å². The first-order chi connectivity index (χ1) is 10.6. The van der Waals surface area contributed by atoms with E-state index in [-0.39, 0.29) is 11.9 Å². The molecule has 0 aliphatic heterocycles. The van der Waals surface area contributed by atoms with Gasteiger partial charge in [0.05, 0.1) is 0 Å². The Balaban J connectivity index is 1.66. The summed E-state index contributed by atoms with van der Waals surface area (Å²) in [6, 6.07) is 0.130. The van der Waals surface area contributed by atoms with Gasteiger partial charge in [-0.2, -0.15) is 10.1 Å². The van der Waals surface area contributed by atoms with Crippen LogP contribution < -0.4 is 11.1 Å². The average molecular weight is 302 g/mol. The number of nitrogens with zero attached hydrogens (tertiary/aromatic N) is 4. The summed E-state index contributed by atoms with van der Waals surface area (Å²) in [6.45, 7) is 4.44. The molecule has 1 aliphatic rings. The summed E-state index contributed by atoms with van der Waals surface area (Å²) in [5, 5.41) is 7.22. The molecule has 2 aromatic heterocycles. The number of aromatic nitrogens is 4. The van der Waals surface area contributed by atoms with Gasteiger partial charge in [0.15, 0.2) is 0 Å². The molecule has 7 heteroatoms. The fourth-order valence-electron chi connectivity index (χ4n) is 2.90. The first-order valence-corrected chi connectivity index (χ1v) is 7.75. The predicted octanol–water partition coefficient (Wildman–Crippen LogP) is 0.527. The molecule has 3 rings (SSSR count). The molecule has 1 saturated carbocycles. The lowest BCUT2D eigenvalue weighted by Gasteiger charge is -2.16. The lowest BCUT2D eigenvalue weighted by molar-refractivity contribution is -0.121. The number of fused-ring (bicyclic) bond motifs is 1. The summed E-state index contributed by atoms with van der Waals surface area (Å²) in [5.41, 5.74) is 8.68. The van der Waals surface area contributed by atoms with E-state index in [0.717, 1.165) is 17.0 Å². The average Bonchev–Trinajstić information content (AvgIpc) is 3.23. The molecule has 118 valence electrons. The minimum atomic E-state index is 0.0554. The fourth-order valence-corrected chi connectivity index (χ4v) is 2.90. The number of aryl methyl sites for hydroxylation is 2. The Bertz CT molecular complexity index is 691. The Labute approximate surface area is 129 Å². The third-order valence-electron chi connectivity index (χ3n) is 4.38. The normalized spacial score (nSPS) is 16.0. The van der Waals surface area contributed by atoms with Crippen molar-refractivity contribution >= 4 is 11.7 Å². The highest BCUT2D eigenvalue weighted by atomic mass is 16.1. The number of hydrogen-bond donors (Lipinski definition) is 2. The van der Waals surface area contributed by atoms with Crippen LogP contribution in [-0.4, -0.2) is 38.1 Å². The van der Waals surface area contributed by atoms with Crippen molar-refractivity contribution < 1.29 is 4.79 Å². The lowest BCUT2D eigenvalue weighted by atomic mass is 10.1. The predicted molar refractivity (Wildman–Crippen MR) is 82.3 cm³/mol. The Morgan fingerprint density at radius 3 is 2.95 bits per heavy atom. The van der Waals surface area contributed by atoms with Crippen LogP contribution in [0.15, 0.2) is 6.33 Å². The van der Waals surface area contributed by atoms with Crippen molar-refractivity contribution in [3.05, 3.63) is 23.3 Å². The van der Waals surface area contributed by atoms with E-state index in [1.54, 1.807) is 4.52 Å². The van der Waals surface area contributed by atoms with E-state index in [1.165, 1.54) is 19.2 Å². The van der Waals surface area contributed by atoms with Gasteiger partial charge in [-0.1, -0.05) is 0 Å². The molecule has 0 aromatic carbocycles. The third kappa shape index (κ3) is 2.94. The summed E-state index contributed by atoms with van der Waals surface area (Å²) < 4.78 is 1.72. The topological polar surface area (TPSA) is 98.2 Å². The molecule has 2 heterocycles. The summed E-state index contributed by atoms with van der Waals surface area (Å²) in [6.07, 6.45) is 4.92. The maximum atomic E-state index is 12.1. The van der Waals surface area contributed by atoms with Crippen molar-refractivity contribution in [3.63, 3.8) is 0 Å². The molecule has 1 amide bonds. The van der Waals surface area contributed by atoms with E-state index in [0.29, 0.717) is 31.1 Å². The van der Waals surface area contributed by atoms with Gasteiger partial charge in [0, 0.05) is 30.4 Å². The van der Waals surface area contributed by atoms with Crippen molar-refractivity contribution in [3.8, 4) is 0 Å². The van der Waals surface area contributed by atoms with Crippen molar-refractivity contribution in [1.29, 1.82) is 0 Å². The Hall–Kier alpha value is -2.02. The zero-order valence-corrected chi connectivity index (χ0v) is 13.0. The molecule has 0 bridgehead atoms. The summed E-state index contributed by atoms with van der Waals surface area (Å²) in [4.78, 5) is 20.7. The van der Waals surface area contributed by atoms with Gasteiger partial charge in [0.1, 0.15) is 6.33 Å². The molecule has 1 atom stereocenters. The number of carbonyl (C=O) groups is 1. The SMILES string of the molecule is Cc1nc2ncnn2c(C)c1CCC(=O)NC(CN)C1CC1. The molecule has 2 aromatic rings. The summed E-state index contributed by atoms with van der Waals surface area (Å²) in [5.74, 6) is 1.23. The van der Waals surface area contributed by atoms with E-state index < -0.39 is 0 Å². The van der Waals surface area contributed by atoms with Gasteiger partial charge in [-0.15, -0.1) is 0 Å². The second-order valence-electron chi connectivity index (χ2n) is 5.98. The number of rotatable bonds is 6. The van der Waals surface area contributed by atoms with Crippen LogP contribution in [0, 0.1) is 19.8 Å². The van der Waals surface area contributed by atoms with E-state index in [9.17, 15) is 4.79 Å². The second-order valence-corrected chi connectivity index (χ2v) is 5.98. The van der Waals surface area contributed by atoms with Crippen LogP contribution in [0.1, 0.15) is 36.2 Å². The van der Waals surface area contributed by atoms with Crippen LogP contribution in [0.4, 0.5) is 0 Å². The molecular formula is C15H22N6O. The number of nitrogens with one attached hydrogen (secondary N) is 1. The van der Waals surface area contributed by atoms with Crippen LogP contribution >= 0.6 is 0 Å². The van der Waals surface area contributed by atoms with E-state index in [4.69, 9.17) is 5.73 Å². The number of amides is 1. The van der Waals surface area contributed by atoms with Gasteiger partial charge in [0.2, 0.25) is 5.91 Å². The molecule has 0 saturated heterocycles. The monoisotopic (exact) mass is 302 g/mol. The maximum absolute atomic E-state index is 12.1. The standard InChI is InChI=1S/C15H22N6O/c1-9-12(10(2)21-15(19-9)17-8-18-21)5-6-14(22)20-13(7-16)11-3-4-11/h8,11,13H,3-7,16H2,1-2H3,(H,20,22). The van der Waals surface area contributed by atoms with Gasteiger partial charge in [-0.3, -0.25) is 4.79 Å². The minimum Gasteiger partial charge on any atom is -0.352 e. The van der Waals surface area contributed by atoms with Gasteiger partial charge < -0.3 is 11.1 Å². The minimum absolute atomic E-state index is 0.0554. The number of hydrogen-bond acceptors (Lipinski definition) is 5. The van der Waals surface area contributed by atoms with Gasteiger partial charge >= 0.3 is 0 Å². The molecule has 3 N–H and O–H groups in total. The van der Waals surface area contributed by atoms with Crippen LogP contribution in [0.25, 0.3) is 5.78 Å². The summed E-state index contributed by atoms with van der Waals surface area (Å²) >= 11 is 0. The third-order valence-corrected chi connectivity index (χ3v) is 4.38. The van der Waals surface area contributed by atoms with Crippen molar-refractivity contribution in [1.82, 2.24) is 24.9 Å². The molecule has 7 nitrogen and oxygen atoms in total. The first kappa shape index (κ1) is 14.9. The highest BCUT2D eigenvalue weighted by molar-refractivity contribution is 5.76. The molecular weight excluding hydrogens is 280 g/mol. The quantitative estimate of drug-likeness (QED) is 0.811. The van der Waals surface area contributed by atoms with E-state index in [2.05, 4.69) is 20.4 Å². The molecule has 22 heavy (non-hydrogen) atoms. The second kappa shape index (κ2) is 6.00. The zero-order valence-electron chi connectivity index (χ0n) is 13.0. The zero-order chi connectivity index (χ0) is 15.7. The Morgan fingerprint density at radius 1 is 1.50 bits per heavy atom. The molecule has 0 radical (unpaired) electrons. The van der Waals surface area contributed by atoms with Gasteiger partial charge in [-0.25, -0.2) is 9.50 Å². The van der Waals surface area contributed by atoms with Gasteiger partial charge in [-0.05, 0) is 44.6 Å². The maximum Gasteiger partial charge on any atom is 0.252 e.